The molecule has 84 valence electrons. The molecule has 1 aliphatic heterocycles. The van der Waals surface area contributed by atoms with Crippen molar-refractivity contribution in [3.8, 4) is 0 Å². The third-order valence-electron chi connectivity index (χ3n) is 2.62. The molecule has 0 atom stereocenters. The summed E-state index contributed by atoms with van der Waals surface area (Å²) in [5, 5.41) is 0. The Morgan fingerprint density at radius 2 is 2.12 bits per heavy atom. The molecule has 0 N–H and O–H groups in total. The van der Waals surface area contributed by atoms with Gasteiger partial charge in [0.2, 0.25) is 0 Å². The second-order valence-corrected chi connectivity index (χ2v) is 5.35. The molecule has 16 heavy (non-hydrogen) atoms. The van der Waals surface area contributed by atoms with Crippen LogP contribution >= 0.6 is 24.0 Å². The van der Waals surface area contributed by atoms with Crippen molar-refractivity contribution >= 4 is 34.2 Å². The number of nitrogens with zero attached hydrogens (tertiary/aromatic N) is 1. The van der Waals surface area contributed by atoms with E-state index in [1.54, 1.807) is 16.7 Å². The Hall–Kier alpha value is -0.870. The van der Waals surface area contributed by atoms with E-state index in [1.165, 1.54) is 5.56 Å². The van der Waals surface area contributed by atoms with Crippen LogP contribution in [-0.2, 0) is 6.42 Å². The normalized spacial score (nSPS) is 15.6. The van der Waals surface area contributed by atoms with Crippen LogP contribution in [0.25, 0.3) is 0 Å². The second kappa shape index (κ2) is 4.97. The average Bonchev–Trinajstić information content (AvgIpc) is 2.75. The highest BCUT2D eigenvalue weighted by Crippen LogP contribution is 2.20. The zero-order valence-electron chi connectivity index (χ0n) is 9.10. The summed E-state index contributed by atoms with van der Waals surface area (Å²) < 4.78 is 0.699. The van der Waals surface area contributed by atoms with Crippen LogP contribution in [0.4, 0.5) is 0 Å². The zero-order chi connectivity index (χ0) is 11.5. The predicted octanol–water partition coefficient (Wildman–Crippen LogP) is 2.72. The number of carbonyl (C=O) groups is 1. The number of thiocarbonyl (C=S) groups is 1. The van der Waals surface area contributed by atoms with Gasteiger partial charge >= 0.3 is 0 Å². The maximum atomic E-state index is 12.1. The first kappa shape index (κ1) is 11.6. The summed E-state index contributed by atoms with van der Waals surface area (Å²) in [4.78, 5) is 13.8. The van der Waals surface area contributed by atoms with Crippen molar-refractivity contribution in [1.82, 2.24) is 4.90 Å². The summed E-state index contributed by atoms with van der Waals surface area (Å²) in [6.07, 6.45) is 0.993. The Bertz CT molecular complexity index is 414. The van der Waals surface area contributed by atoms with Gasteiger partial charge in [-0.25, -0.2) is 0 Å². The Labute approximate surface area is 105 Å². The van der Waals surface area contributed by atoms with Crippen molar-refractivity contribution in [3.05, 3.63) is 35.4 Å². The summed E-state index contributed by atoms with van der Waals surface area (Å²) in [7, 11) is 0. The molecule has 0 unspecified atom stereocenters. The summed E-state index contributed by atoms with van der Waals surface area (Å²) in [6.45, 7) is 2.83. The summed E-state index contributed by atoms with van der Waals surface area (Å²) >= 11 is 6.71. The number of thioether (sulfide) groups is 1. The third kappa shape index (κ3) is 2.28. The van der Waals surface area contributed by atoms with Gasteiger partial charge in [-0.15, -0.1) is 0 Å². The number of carbonyl (C=O) groups excluding carboxylic acids is 1. The second-order valence-electron chi connectivity index (χ2n) is 3.62. The Kier molecular flexibility index (Phi) is 3.61. The van der Waals surface area contributed by atoms with Crippen LogP contribution in [0.2, 0.25) is 0 Å². The van der Waals surface area contributed by atoms with Crippen LogP contribution in [0.3, 0.4) is 0 Å². The molecule has 1 amide bonds. The largest absolute Gasteiger partial charge is 0.293 e. The van der Waals surface area contributed by atoms with E-state index in [2.05, 4.69) is 6.92 Å². The van der Waals surface area contributed by atoms with Gasteiger partial charge < -0.3 is 0 Å². The first-order valence-corrected chi connectivity index (χ1v) is 6.69. The quantitative estimate of drug-likeness (QED) is 0.754. The van der Waals surface area contributed by atoms with Gasteiger partial charge in [0.1, 0.15) is 4.32 Å². The van der Waals surface area contributed by atoms with Crippen LogP contribution in [-0.4, -0.2) is 27.4 Å². The molecule has 0 spiro atoms. The molecule has 1 heterocycles. The van der Waals surface area contributed by atoms with Gasteiger partial charge in [-0.3, -0.25) is 9.69 Å². The molecule has 1 aromatic carbocycles. The van der Waals surface area contributed by atoms with E-state index in [9.17, 15) is 4.79 Å². The molecular formula is C12H13NOS2. The first-order valence-electron chi connectivity index (χ1n) is 5.30. The molecule has 0 aromatic heterocycles. The number of aryl methyl sites for hydroxylation is 1. The Balaban J connectivity index is 2.17. The van der Waals surface area contributed by atoms with E-state index < -0.39 is 0 Å². The number of benzene rings is 1. The average molecular weight is 251 g/mol. The van der Waals surface area contributed by atoms with E-state index in [-0.39, 0.29) is 5.91 Å². The lowest BCUT2D eigenvalue weighted by atomic mass is 10.1. The molecule has 0 bridgehead atoms. The number of amides is 1. The van der Waals surface area contributed by atoms with Crippen molar-refractivity contribution in [2.75, 3.05) is 12.3 Å². The van der Waals surface area contributed by atoms with Gasteiger partial charge in [0, 0.05) is 17.9 Å². The minimum atomic E-state index is 0.0256. The first-order chi connectivity index (χ1) is 7.72. The molecule has 4 heteroatoms. The number of rotatable bonds is 2. The topological polar surface area (TPSA) is 20.3 Å². The van der Waals surface area contributed by atoms with Crippen LogP contribution in [0.1, 0.15) is 22.8 Å². The molecule has 0 aliphatic carbocycles. The summed E-state index contributed by atoms with van der Waals surface area (Å²) in [5.41, 5.74) is 1.97. The molecule has 0 radical (unpaired) electrons. The van der Waals surface area contributed by atoms with Gasteiger partial charge in [-0.05, 0) is 24.1 Å². The molecule has 2 nitrogen and oxygen atoms in total. The smallest absolute Gasteiger partial charge is 0.259 e. The van der Waals surface area contributed by atoms with Gasteiger partial charge in [0.25, 0.3) is 5.91 Å². The molecule has 0 saturated carbocycles. The lowest BCUT2D eigenvalue weighted by molar-refractivity contribution is 0.0861. The molecule has 1 aromatic rings. The van der Waals surface area contributed by atoms with Gasteiger partial charge in [-0.1, -0.05) is 43.0 Å². The van der Waals surface area contributed by atoms with Gasteiger partial charge in [-0.2, -0.15) is 0 Å². The molecule has 1 saturated heterocycles. The van der Waals surface area contributed by atoms with Crippen LogP contribution < -0.4 is 0 Å². The van der Waals surface area contributed by atoms with Crippen molar-refractivity contribution in [2.24, 2.45) is 0 Å². The fourth-order valence-electron chi connectivity index (χ4n) is 1.62. The number of hydrogen-bond acceptors (Lipinski definition) is 3. The molecular weight excluding hydrogens is 238 g/mol. The third-order valence-corrected chi connectivity index (χ3v) is 4.04. The molecule has 1 aliphatic rings. The van der Waals surface area contributed by atoms with E-state index in [4.69, 9.17) is 12.2 Å². The molecule has 1 fully saturated rings. The van der Waals surface area contributed by atoms with Gasteiger partial charge in [0.15, 0.2) is 0 Å². The van der Waals surface area contributed by atoms with Crippen LogP contribution in [0.5, 0.6) is 0 Å². The fourth-order valence-corrected chi connectivity index (χ4v) is 2.82. The van der Waals surface area contributed by atoms with Crippen molar-refractivity contribution in [3.63, 3.8) is 0 Å². The van der Waals surface area contributed by atoms with Crippen molar-refractivity contribution in [2.45, 2.75) is 13.3 Å². The standard InChI is InChI=1S/C12H13NOS2/c1-2-9-3-5-10(6-4-9)11(14)13-7-8-16-12(13)15/h3-6H,2,7-8H2,1H3. The van der Waals surface area contributed by atoms with E-state index in [0.29, 0.717) is 4.32 Å². The highest BCUT2D eigenvalue weighted by molar-refractivity contribution is 8.23. The number of hydrogen-bond donors (Lipinski definition) is 0. The van der Waals surface area contributed by atoms with E-state index in [0.717, 1.165) is 24.3 Å². The SMILES string of the molecule is CCc1ccc(C(=O)N2CCSC2=S)cc1. The fraction of sp³-hybridized carbons (Fsp3) is 0.333. The van der Waals surface area contributed by atoms with E-state index >= 15 is 0 Å². The zero-order valence-corrected chi connectivity index (χ0v) is 10.7. The van der Waals surface area contributed by atoms with E-state index in [1.807, 2.05) is 24.3 Å². The van der Waals surface area contributed by atoms with Gasteiger partial charge in [0.05, 0.1) is 0 Å². The lowest BCUT2D eigenvalue weighted by Crippen LogP contribution is -2.30. The monoisotopic (exact) mass is 251 g/mol. The highest BCUT2D eigenvalue weighted by atomic mass is 32.2. The Morgan fingerprint density at radius 3 is 2.62 bits per heavy atom. The Morgan fingerprint density at radius 1 is 1.44 bits per heavy atom. The minimum Gasteiger partial charge on any atom is -0.293 e. The maximum absolute atomic E-state index is 12.1. The highest BCUT2D eigenvalue weighted by Gasteiger charge is 2.24. The minimum absolute atomic E-state index is 0.0256. The summed E-state index contributed by atoms with van der Waals surface area (Å²) in [6, 6.07) is 7.76. The van der Waals surface area contributed by atoms with Crippen molar-refractivity contribution < 1.29 is 4.79 Å². The maximum Gasteiger partial charge on any atom is 0.259 e. The van der Waals surface area contributed by atoms with Crippen LogP contribution in [0.15, 0.2) is 24.3 Å². The predicted molar refractivity (Wildman–Crippen MR) is 71.9 cm³/mol. The lowest BCUT2D eigenvalue weighted by Gasteiger charge is -2.14. The summed E-state index contributed by atoms with van der Waals surface area (Å²) in [5.74, 6) is 0.940. The molecule has 2 rings (SSSR count). The van der Waals surface area contributed by atoms with Crippen molar-refractivity contribution in [1.29, 1.82) is 0 Å². The van der Waals surface area contributed by atoms with Crippen LogP contribution in [0, 0.1) is 0 Å².